The number of thiophene rings is 1. The molecule has 0 radical (unpaired) electrons. The second-order valence-corrected chi connectivity index (χ2v) is 6.10. The smallest absolute Gasteiger partial charge is 0.164 e. The number of unbranched alkanes of at least 4 members (excludes halogenated alkanes) is 1. The van der Waals surface area contributed by atoms with Crippen LogP contribution in [-0.4, -0.2) is 5.78 Å². The molecule has 0 amide bonds. The number of ketones is 1. The van der Waals surface area contributed by atoms with Crippen molar-refractivity contribution in [2.75, 3.05) is 0 Å². The number of carbonyl (C=O) groups excluding carboxylic acids is 1. The van der Waals surface area contributed by atoms with Gasteiger partial charge in [0.2, 0.25) is 0 Å². The number of benzene rings is 1. The lowest BCUT2D eigenvalue weighted by atomic mass is 9.91. The molecule has 1 atom stereocenters. The van der Waals surface area contributed by atoms with Crippen molar-refractivity contribution in [3.63, 3.8) is 0 Å². The van der Waals surface area contributed by atoms with Gasteiger partial charge < -0.3 is 0 Å². The molecule has 2 rings (SSSR count). The summed E-state index contributed by atoms with van der Waals surface area (Å²) in [5.74, 6) is 0.867. The van der Waals surface area contributed by atoms with Crippen molar-refractivity contribution >= 4 is 27.2 Å². The Kier molecular flexibility index (Phi) is 5.15. The molecule has 0 N–H and O–H groups in total. The minimum atomic E-state index is 0.320. The molecule has 2 heteroatoms. The molecule has 0 bridgehead atoms. The van der Waals surface area contributed by atoms with E-state index >= 15 is 0 Å². The molecular weight excluding hydrogens is 252 g/mol. The first kappa shape index (κ1) is 14.3. The van der Waals surface area contributed by atoms with Crippen molar-refractivity contribution in [1.82, 2.24) is 0 Å². The molecule has 0 aliphatic heterocycles. The van der Waals surface area contributed by atoms with Gasteiger partial charge in [0.25, 0.3) is 0 Å². The first-order chi connectivity index (χ1) is 9.26. The van der Waals surface area contributed by atoms with Gasteiger partial charge in [-0.2, -0.15) is 0 Å². The van der Waals surface area contributed by atoms with E-state index < -0.39 is 0 Å². The Morgan fingerprint density at radius 1 is 1.26 bits per heavy atom. The molecule has 19 heavy (non-hydrogen) atoms. The molecule has 0 fully saturated rings. The third-order valence-electron chi connectivity index (χ3n) is 3.80. The third kappa shape index (κ3) is 3.44. The summed E-state index contributed by atoms with van der Waals surface area (Å²) in [6.45, 7) is 4.40. The van der Waals surface area contributed by atoms with E-state index in [2.05, 4.69) is 26.0 Å². The topological polar surface area (TPSA) is 17.1 Å². The lowest BCUT2D eigenvalue weighted by Gasteiger charge is -2.13. The van der Waals surface area contributed by atoms with Gasteiger partial charge in [-0.05, 0) is 12.0 Å². The fourth-order valence-corrected chi connectivity index (χ4v) is 3.47. The number of hydrogen-bond donors (Lipinski definition) is 0. The van der Waals surface area contributed by atoms with E-state index in [1.54, 1.807) is 11.3 Å². The Labute approximate surface area is 119 Å². The van der Waals surface area contributed by atoms with Crippen LogP contribution in [0.1, 0.15) is 56.3 Å². The highest BCUT2D eigenvalue weighted by Gasteiger charge is 2.16. The van der Waals surface area contributed by atoms with Crippen LogP contribution in [0.25, 0.3) is 10.1 Å². The van der Waals surface area contributed by atoms with Gasteiger partial charge in [-0.15, -0.1) is 11.3 Å². The number of rotatable bonds is 7. The predicted octanol–water partition coefficient (Wildman–Crippen LogP) is 5.69. The highest BCUT2D eigenvalue weighted by molar-refractivity contribution is 7.17. The van der Waals surface area contributed by atoms with E-state index in [1.165, 1.54) is 24.0 Å². The Bertz CT molecular complexity index is 541. The van der Waals surface area contributed by atoms with Crippen LogP contribution in [0.5, 0.6) is 0 Å². The van der Waals surface area contributed by atoms with E-state index in [9.17, 15) is 4.79 Å². The highest BCUT2D eigenvalue weighted by atomic mass is 32.1. The van der Waals surface area contributed by atoms with Crippen molar-refractivity contribution < 1.29 is 4.79 Å². The van der Waals surface area contributed by atoms with Gasteiger partial charge in [0.05, 0.1) is 0 Å². The number of hydrogen-bond acceptors (Lipinski definition) is 2. The van der Waals surface area contributed by atoms with Crippen molar-refractivity contribution in [2.45, 2.75) is 46.0 Å². The minimum Gasteiger partial charge on any atom is -0.294 e. The quantitative estimate of drug-likeness (QED) is 0.593. The summed E-state index contributed by atoms with van der Waals surface area (Å²) in [5, 5.41) is 3.15. The SMILES string of the molecule is CCCCC(CC)CC(=O)c1csc2ccccc12. The summed E-state index contributed by atoms with van der Waals surface area (Å²) in [4.78, 5) is 12.5. The van der Waals surface area contributed by atoms with E-state index in [0.717, 1.165) is 17.4 Å². The van der Waals surface area contributed by atoms with Crippen LogP contribution in [-0.2, 0) is 0 Å². The Morgan fingerprint density at radius 2 is 2.05 bits per heavy atom. The average Bonchev–Trinajstić information content (AvgIpc) is 2.87. The molecule has 1 heterocycles. The van der Waals surface area contributed by atoms with Crippen LogP contribution in [0.3, 0.4) is 0 Å². The normalized spacial score (nSPS) is 12.7. The maximum Gasteiger partial charge on any atom is 0.164 e. The van der Waals surface area contributed by atoms with Crippen LogP contribution < -0.4 is 0 Å². The van der Waals surface area contributed by atoms with Crippen molar-refractivity contribution in [2.24, 2.45) is 5.92 Å². The number of Topliss-reactive ketones (excluding diaryl/α,β-unsaturated/α-hetero) is 1. The zero-order chi connectivity index (χ0) is 13.7. The highest BCUT2D eigenvalue weighted by Crippen LogP contribution is 2.28. The molecule has 1 aromatic heterocycles. The van der Waals surface area contributed by atoms with Crippen LogP contribution in [0.15, 0.2) is 29.6 Å². The Balaban J connectivity index is 2.10. The van der Waals surface area contributed by atoms with E-state index in [-0.39, 0.29) is 0 Å². The van der Waals surface area contributed by atoms with Crippen molar-refractivity contribution in [3.8, 4) is 0 Å². The molecule has 1 nitrogen and oxygen atoms in total. The summed E-state index contributed by atoms with van der Waals surface area (Å²) < 4.78 is 1.22. The van der Waals surface area contributed by atoms with E-state index in [1.807, 2.05) is 17.5 Å². The monoisotopic (exact) mass is 274 g/mol. The third-order valence-corrected chi connectivity index (χ3v) is 4.76. The number of carbonyl (C=O) groups is 1. The lowest BCUT2D eigenvalue weighted by Crippen LogP contribution is -2.08. The first-order valence-electron chi connectivity index (χ1n) is 7.25. The molecule has 0 saturated heterocycles. The van der Waals surface area contributed by atoms with Crippen LogP contribution in [0.4, 0.5) is 0 Å². The standard InChI is InChI=1S/C17H22OS/c1-3-5-8-13(4-2)11-16(18)15-12-19-17-10-7-6-9-14(15)17/h6-7,9-10,12-13H,3-5,8,11H2,1-2H3. The summed E-state index contributed by atoms with van der Waals surface area (Å²) in [5.41, 5.74) is 0.926. The van der Waals surface area contributed by atoms with Gasteiger partial charge in [0, 0.05) is 27.5 Å². The second-order valence-electron chi connectivity index (χ2n) is 5.19. The minimum absolute atomic E-state index is 0.320. The summed E-state index contributed by atoms with van der Waals surface area (Å²) in [7, 11) is 0. The maximum atomic E-state index is 12.5. The fraction of sp³-hybridized carbons (Fsp3) is 0.471. The molecular formula is C17H22OS. The molecule has 102 valence electrons. The predicted molar refractivity (Wildman–Crippen MR) is 84.1 cm³/mol. The van der Waals surface area contributed by atoms with Gasteiger partial charge in [-0.25, -0.2) is 0 Å². The van der Waals surface area contributed by atoms with Gasteiger partial charge in [-0.3, -0.25) is 4.79 Å². The molecule has 2 aromatic rings. The zero-order valence-corrected chi connectivity index (χ0v) is 12.6. The second kappa shape index (κ2) is 6.85. The molecule has 0 aliphatic carbocycles. The fourth-order valence-electron chi connectivity index (χ4n) is 2.51. The van der Waals surface area contributed by atoms with Crippen LogP contribution in [0, 0.1) is 5.92 Å². The van der Waals surface area contributed by atoms with E-state index in [0.29, 0.717) is 18.1 Å². The van der Waals surface area contributed by atoms with Crippen molar-refractivity contribution in [1.29, 1.82) is 0 Å². The summed E-state index contributed by atoms with van der Waals surface area (Å²) >= 11 is 1.67. The van der Waals surface area contributed by atoms with Crippen LogP contribution >= 0.6 is 11.3 Å². The summed E-state index contributed by atoms with van der Waals surface area (Å²) in [6.07, 6.45) is 5.44. The van der Waals surface area contributed by atoms with Crippen LogP contribution in [0.2, 0.25) is 0 Å². The zero-order valence-electron chi connectivity index (χ0n) is 11.8. The van der Waals surface area contributed by atoms with E-state index in [4.69, 9.17) is 0 Å². The van der Waals surface area contributed by atoms with Gasteiger partial charge in [0.1, 0.15) is 0 Å². The maximum absolute atomic E-state index is 12.5. The lowest BCUT2D eigenvalue weighted by molar-refractivity contribution is 0.0959. The Morgan fingerprint density at radius 3 is 2.79 bits per heavy atom. The Hall–Kier alpha value is -1.15. The average molecular weight is 274 g/mol. The van der Waals surface area contributed by atoms with Crippen molar-refractivity contribution in [3.05, 3.63) is 35.2 Å². The molecule has 0 spiro atoms. The number of fused-ring (bicyclic) bond motifs is 1. The van der Waals surface area contributed by atoms with Gasteiger partial charge in [0.15, 0.2) is 5.78 Å². The van der Waals surface area contributed by atoms with Gasteiger partial charge >= 0.3 is 0 Å². The molecule has 1 aromatic carbocycles. The molecule has 0 saturated carbocycles. The molecule has 1 unspecified atom stereocenters. The van der Waals surface area contributed by atoms with Gasteiger partial charge in [-0.1, -0.05) is 57.7 Å². The largest absolute Gasteiger partial charge is 0.294 e. The molecule has 0 aliphatic rings. The summed E-state index contributed by atoms with van der Waals surface area (Å²) in [6, 6.07) is 8.20. The first-order valence-corrected chi connectivity index (χ1v) is 8.13.